The minimum absolute atomic E-state index is 0.0109. The van der Waals surface area contributed by atoms with E-state index < -0.39 is 5.92 Å². The van der Waals surface area contributed by atoms with Gasteiger partial charge in [0, 0.05) is 32.5 Å². The number of benzene rings is 1. The maximum Gasteiger partial charge on any atom is 0.272 e. The van der Waals surface area contributed by atoms with E-state index in [1.165, 1.54) is 0 Å². The fourth-order valence-electron chi connectivity index (χ4n) is 4.55. The molecular weight excluding hydrogens is 378 g/mol. The van der Waals surface area contributed by atoms with E-state index in [1.807, 2.05) is 35.0 Å². The van der Waals surface area contributed by atoms with Crippen molar-refractivity contribution in [3.8, 4) is 5.75 Å². The Morgan fingerprint density at radius 3 is 2.93 bits per heavy atom. The van der Waals surface area contributed by atoms with Crippen LogP contribution in [-0.4, -0.2) is 52.2 Å². The third-order valence-corrected chi connectivity index (χ3v) is 6.01. The predicted molar refractivity (Wildman–Crippen MR) is 102 cm³/mol. The van der Waals surface area contributed by atoms with Gasteiger partial charge in [-0.3, -0.25) is 14.4 Å². The summed E-state index contributed by atoms with van der Waals surface area (Å²) in [5.41, 5.74) is 2.44. The van der Waals surface area contributed by atoms with Crippen molar-refractivity contribution in [3.63, 3.8) is 0 Å². The SMILES string of the molecule is O=C(N[C@H]1COc2ccccc2C1)c1cc2n(n1)CCN(CC1CC(F)(F)C1)C2. The Hall–Kier alpha value is -2.48. The monoisotopic (exact) mass is 402 g/mol. The van der Waals surface area contributed by atoms with Crippen LogP contribution in [0.4, 0.5) is 8.78 Å². The summed E-state index contributed by atoms with van der Waals surface area (Å²) in [5, 5.41) is 7.47. The molecule has 6 nitrogen and oxygen atoms in total. The van der Waals surface area contributed by atoms with Gasteiger partial charge in [0.05, 0.1) is 18.3 Å². The molecule has 0 saturated heterocycles. The minimum Gasteiger partial charge on any atom is -0.491 e. The number of hydrogen-bond donors (Lipinski definition) is 1. The summed E-state index contributed by atoms with van der Waals surface area (Å²) in [6.07, 6.45) is 0.710. The zero-order valence-electron chi connectivity index (χ0n) is 16.1. The lowest BCUT2D eigenvalue weighted by atomic mass is 9.81. The molecule has 154 valence electrons. The normalized spacial score (nSPS) is 23.4. The number of rotatable bonds is 4. The Morgan fingerprint density at radius 1 is 1.28 bits per heavy atom. The lowest BCUT2D eigenvalue weighted by Gasteiger charge is -2.39. The van der Waals surface area contributed by atoms with Gasteiger partial charge in [-0.2, -0.15) is 5.10 Å². The van der Waals surface area contributed by atoms with E-state index >= 15 is 0 Å². The first-order valence-electron chi connectivity index (χ1n) is 10.1. The van der Waals surface area contributed by atoms with Crippen molar-refractivity contribution in [3.05, 3.63) is 47.3 Å². The number of amides is 1. The van der Waals surface area contributed by atoms with E-state index in [0.717, 1.165) is 30.0 Å². The molecule has 1 amide bonds. The van der Waals surface area contributed by atoms with Crippen LogP contribution in [0.25, 0.3) is 0 Å². The fourth-order valence-corrected chi connectivity index (χ4v) is 4.55. The smallest absolute Gasteiger partial charge is 0.272 e. The van der Waals surface area contributed by atoms with Crippen LogP contribution in [0.1, 0.15) is 34.6 Å². The molecule has 1 fully saturated rings. The molecule has 1 aliphatic carbocycles. The van der Waals surface area contributed by atoms with Crippen LogP contribution in [0, 0.1) is 5.92 Å². The number of nitrogens with zero attached hydrogens (tertiary/aromatic N) is 3. The van der Waals surface area contributed by atoms with Crippen molar-refractivity contribution in [1.82, 2.24) is 20.0 Å². The molecule has 3 heterocycles. The number of hydrogen-bond acceptors (Lipinski definition) is 4. The van der Waals surface area contributed by atoms with E-state index in [-0.39, 0.29) is 30.7 Å². The van der Waals surface area contributed by atoms with Crippen molar-refractivity contribution in [2.24, 2.45) is 5.92 Å². The lowest BCUT2D eigenvalue weighted by molar-refractivity contribution is -0.117. The number of nitrogens with one attached hydrogen (secondary N) is 1. The largest absolute Gasteiger partial charge is 0.491 e. The van der Waals surface area contributed by atoms with Gasteiger partial charge in [0.15, 0.2) is 5.69 Å². The maximum absolute atomic E-state index is 13.1. The van der Waals surface area contributed by atoms with Gasteiger partial charge in [0.1, 0.15) is 12.4 Å². The molecule has 0 spiro atoms. The molecule has 8 heteroatoms. The Bertz CT molecular complexity index is 921. The number of carbonyl (C=O) groups excluding carboxylic acids is 1. The summed E-state index contributed by atoms with van der Waals surface area (Å²) >= 11 is 0. The zero-order chi connectivity index (χ0) is 20.0. The number of halogens is 2. The van der Waals surface area contributed by atoms with Crippen LogP contribution in [0.15, 0.2) is 30.3 Å². The Balaban J connectivity index is 1.19. The van der Waals surface area contributed by atoms with Gasteiger partial charge in [-0.25, -0.2) is 8.78 Å². The van der Waals surface area contributed by atoms with Gasteiger partial charge in [-0.1, -0.05) is 18.2 Å². The van der Waals surface area contributed by atoms with Crippen LogP contribution >= 0.6 is 0 Å². The number of ether oxygens (including phenoxy) is 1. The standard InChI is InChI=1S/C21H24F2N4O2/c22-21(23)9-14(10-21)11-26-5-6-27-17(12-26)8-18(25-27)20(28)24-16-7-15-3-1-2-4-19(15)29-13-16/h1-4,8,14,16H,5-7,9-13H2,(H,24,28)/t16-/m1/s1. The highest BCUT2D eigenvalue weighted by Crippen LogP contribution is 2.42. The fraction of sp³-hybridized carbons (Fsp3) is 0.524. The summed E-state index contributed by atoms with van der Waals surface area (Å²) in [6.45, 7) is 3.20. The van der Waals surface area contributed by atoms with Gasteiger partial charge >= 0.3 is 0 Å². The summed E-state index contributed by atoms with van der Waals surface area (Å²) in [4.78, 5) is 14.9. The van der Waals surface area contributed by atoms with E-state index in [2.05, 4.69) is 15.3 Å². The first-order chi connectivity index (χ1) is 13.9. The molecule has 0 bridgehead atoms. The van der Waals surface area contributed by atoms with Crippen molar-refractivity contribution < 1.29 is 18.3 Å². The molecule has 5 rings (SSSR count). The quantitative estimate of drug-likeness (QED) is 0.854. The average Bonchev–Trinajstić information content (AvgIpc) is 3.10. The summed E-state index contributed by atoms with van der Waals surface area (Å²) in [6, 6.07) is 9.57. The van der Waals surface area contributed by atoms with Crippen LogP contribution in [-0.2, 0) is 19.5 Å². The summed E-state index contributed by atoms with van der Waals surface area (Å²) in [7, 11) is 0. The van der Waals surface area contributed by atoms with E-state index in [4.69, 9.17) is 4.74 Å². The van der Waals surface area contributed by atoms with Crippen LogP contribution in [0.5, 0.6) is 5.75 Å². The first kappa shape index (κ1) is 18.5. The Morgan fingerprint density at radius 2 is 2.10 bits per heavy atom. The molecule has 0 radical (unpaired) electrons. The Labute approximate surface area is 167 Å². The number of aromatic nitrogens is 2. The number of fused-ring (bicyclic) bond motifs is 2. The molecule has 2 aliphatic heterocycles. The maximum atomic E-state index is 13.1. The third-order valence-electron chi connectivity index (χ3n) is 6.01. The van der Waals surface area contributed by atoms with E-state index in [1.54, 1.807) is 0 Å². The molecule has 1 saturated carbocycles. The number of alkyl halides is 2. The zero-order valence-corrected chi connectivity index (χ0v) is 16.1. The molecule has 1 aromatic heterocycles. The second-order valence-electron chi connectivity index (χ2n) is 8.40. The highest BCUT2D eigenvalue weighted by atomic mass is 19.3. The first-order valence-corrected chi connectivity index (χ1v) is 10.1. The van der Waals surface area contributed by atoms with Gasteiger partial charge in [0.2, 0.25) is 5.92 Å². The number of carbonyl (C=O) groups is 1. The average molecular weight is 402 g/mol. The highest BCUT2D eigenvalue weighted by Gasteiger charge is 2.45. The molecule has 0 unspecified atom stereocenters. The van der Waals surface area contributed by atoms with Crippen LogP contribution < -0.4 is 10.1 Å². The second-order valence-corrected chi connectivity index (χ2v) is 8.40. The van der Waals surface area contributed by atoms with E-state index in [9.17, 15) is 13.6 Å². The van der Waals surface area contributed by atoms with Gasteiger partial charge in [-0.05, 0) is 30.0 Å². The molecular formula is C21H24F2N4O2. The minimum atomic E-state index is -2.48. The summed E-state index contributed by atoms with van der Waals surface area (Å²) < 4.78 is 33.7. The molecule has 1 atom stereocenters. The van der Waals surface area contributed by atoms with Crippen LogP contribution in [0.2, 0.25) is 0 Å². The van der Waals surface area contributed by atoms with Gasteiger partial charge in [0.25, 0.3) is 5.91 Å². The van der Waals surface area contributed by atoms with Gasteiger partial charge in [-0.15, -0.1) is 0 Å². The molecule has 2 aromatic rings. The lowest BCUT2D eigenvalue weighted by Crippen LogP contribution is -2.44. The van der Waals surface area contributed by atoms with Gasteiger partial charge < -0.3 is 10.1 Å². The van der Waals surface area contributed by atoms with Crippen molar-refractivity contribution >= 4 is 5.91 Å². The topological polar surface area (TPSA) is 59.4 Å². The van der Waals surface area contributed by atoms with Crippen molar-refractivity contribution in [2.75, 3.05) is 19.7 Å². The predicted octanol–water partition coefficient (Wildman–Crippen LogP) is 2.48. The van der Waals surface area contributed by atoms with E-state index in [0.29, 0.717) is 31.9 Å². The molecule has 1 N–H and O–H groups in total. The third kappa shape index (κ3) is 3.85. The second kappa shape index (κ2) is 7.09. The molecule has 29 heavy (non-hydrogen) atoms. The summed E-state index contributed by atoms with van der Waals surface area (Å²) in [5.74, 6) is -1.74. The van der Waals surface area contributed by atoms with Crippen LogP contribution in [0.3, 0.4) is 0 Å². The molecule has 1 aromatic carbocycles. The molecule has 3 aliphatic rings. The van der Waals surface area contributed by atoms with Crippen molar-refractivity contribution in [2.45, 2.75) is 44.3 Å². The highest BCUT2D eigenvalue weighted by molar-refractivity contribution is 5.92. The Kier molecular flexibility index (Phi) is 4.53. The van der Waals surface area contributed by atoms with Crippen molar-refractivity contribution in [1.29, 1.82) is 0 Å². The number of para-hydroxylation sites is 1.